The van der Waals surface area contributed by atoms with Crippen molar-refractivity contribution in [2.75, 3.05) is 31.6 Å². The van der Waals surface area contributed by atoms with E-state index in [9.17, 15) is 9.90 Å². The average Bonchev–Trinajstić information content (AvgIpc) is 2.34. The van der Waals surface area contributed by atoms with Gasteiger partial charge < -0.3 is 10.0 Å². The van der Waals surface area contributed by atoms with Gasteiger partial charge in [-0.3, -0.25) is 9.69 Å². The number of halogens is 1. The van der Waals surface area contributed by atoms with Gasteiger partial charge >= 0.3 is 0 Å². The number of benzene rings is 1. The van der Waals surface area contributed by atoms with E-state index in [0.717, 1.165) is 22.3 Å². The molecule has 1 amide bonds. The average molecular weight is 313 g/mol. The lowest BCUT2D eigenvalue weighted by molar-refractivity contribution is -0.126. The summed E-state index contributed by atoms with van der Waals surface area (Å²) in [6.07, 6.45) is 0. The topological polar surface area (TPSA) is 43.8 Å². The Balaban J connectivity index is 2.27. The highest BCUT2D eigenvalue weighted by atomic mass is 79.9. The van der Waals surface area contributed by atoms with Crippen LogP contribution in [0.5, 0.6) is 0 Å². The number of amides is 1. The molecule has 1 heterocycles. The second-order valence-corrected chi connectivity index (χ2v) is 5.46. The van der Waals surface area contributed by atoms with Crippen molar-refractivity contribution in [2.45, 2.75) is 13.0 Å². The van der Waals surface area contributed by atoms with Crippen LogP contribution in [0, 0.1) is 6.92 Å². The van der Waals surface area contributed by atoms with Crippen molar-refractivity contribution >= 4 is 27.5 Å². The number of hydrogen-bond donors (Lipinski definition) is 1. The van der Waals surface area contributed by atoms with Gasteiger partial charge in [-0.1, -0.05) is 22.0 Å². The van der Waals surface area contributed by atoms with Crippen molar-refractivity contribution in [2.24, 2.45) is 0 Å². The van der Waals surface area contributed by atoms with E-state index in [1.54, 1.807) is 4.90 Å². The maximum atomic E-state index is 12.3. The number of rotatable bonds is 2. The minimum absolute atomic E-state index is 0.0398. The number of likely N-dealkylation sites (N-methyl/N-ethyl adjacent to an activating group) is 1. The number of hydrogen-bond acceptors (Lipinski definition) is 3. The number of carbonyl (C=O) groups excluding carboxylic acids is 1. The number of nitrogens with zero attached hydrogens (tertiary/aromatic N) is 2. The van der Waals surface area contributed by atoms with Gasteiger partial charge in [0.25, 0.3) is 0 Å². The molecule has 1 saturated heterocycles. The van der Waals surface area contributed by atoms with Gasteiger partial charge in [0.15, 0.2) is 0 Å². The van der Waals surface area contributed by atoms with Gasteiger partial charge in [0.1, 0.15) is 6.04 Å². The van der Waals surface area contributed by atoms with Gasteiger partial charge in [-0.05, 0) is 31.7 Å². The molecule has 4 nitrogen and oxygen atoms in total. The number of anilines is 1. The number of aliphatic hydroxyl groups excluding tert-OH is 1. The summed E-state index contributed by atoms with van der Waals surface area (Å²) in [5.74, 6) is -0.0398. The molecule has 1 aromatic carbocycles. The van der Waals surface area contributed by atoms with Crippen molar-refractivity contribution < 1.29 is 9.90 Å². The van der Waals surface area contributed by atoms with Crippen LogP contribution in [0.3, 0.4) is 0 Å². The Bertz CT molecular complexity index is 464. The molecule has 1 aliphatic heterocycles. The third-order valence-electron chi connectivity index (χ3n) is 3.40. The molecule has 0 saturated carbocycles. The van der Waals surface area contributed by atoms with E-state index in [-0.39, 0.29) is 12.5 Å². The van der Waals surface area contributed by atoms with Crippen molar-refractivity contribution in [1.29, 1.82) is 0 Å². The Labute approximate surface area is 115 Å². The summed E-state index contributed by atoms with van der Waals surface area (Å²) >= 11 is 3.48. The third kappa shape index (κ3) is 2.43. The zero-order chi connectivity index (χ0) is 13.3. The molecule has 1 N–H and O–H groups in total. The van der Waals surface area contributed by atoms with Crippen molar-refractivity contribution in [1.82, 2.24) is 4.90 Å². The van der Waals surface area contributed by atoms with Gasteiger partial charge in [-0.25, -0.2) is 0 Å². The fourth-order valence-corrected chi connectivity index (χ4v) is 2.48. The first-order valence-electron chi connectivity index (χ1n) is 5.93. The van der Waals surface area contributed by atoms with Crippen LogP contribution in [0.15, 0.2) is 22.7 Å². The van der Waals surface area contributed by atoms with Crippen LogP contribution in [0.1, 0.15) is 5.56 Å². The van der Waals surface area contributed by atoms with Crippen LogP contribution in [-0.2, 0) is 4.79 Å². The van der Waals surface area contributed by atoms with Gasteiger partial charge in [0, 0.05) is 23.2 Å². The summed E-state index contributed by atoms with van der Waals surface area (Å²) < 4.78 is 0.993. The summed E-state index contributed by atoms with van der Waals surface area (Å²) in [5.41, 5.74) is 2.02. The van der Waals surface area contributed by atoms with Gasteiger partial charge in [-0.15, -0.1) is 0 Å². The van der Waals surface area contributed by atoms with Crippen LogP contribution in [0.25, 0.3) is 0 Å². The quantitative estimate of drug-likeness (QED) is 0.897. The van der Waals surface area contributed by atoms with Crippen LogP contribution in [0.4, 0.5) is 5.69 Å². The number of carbonyl (C=O) groups is 1. The number of aliphatic hydroxyl groups is 1. The fraction of sp³-hybridized carbons (Fsp3) is 0.462. The first-order chi connectivity index (χ1) is 8.54. The maximum Gasteiger partial charge on any atom is 0.246 e. The minimum Gasteiger partial charge on any atom is -0.394 e. The molecule has 1 atom stereocenters. The lowest BCUT2D eigenvalue weighted by atomic mass is 10.1. The van der Waals surface area contributed by atoms with E-state index in [0.29, 0.717) is 6.54 Å². The van der Waals surface area contributed by atoms with Crippen LogP contribution >= 0.6 is 15.9 Å². The Morgan fingerprint density at radius 3 is 2.78 bits per heavy atom. The molecule has 1 aromatic rings. The molecule has 1 fully saturated rings. The largest absolute Gasteiger partial charge is 0.394 e. The molecule has 0 aromatic heterocycles. The van der Waals surface area contributed by atoms with Crippen molar-refractivity contribution in [3.8, 4) is 0 Å². The zero-order valence-corrected chi connectivity index (χ0v) is 12.1. The monoisotopic (exact) mass is 312 g/mol. The van der Waals surface area contributed by atoms with Crippen LogP contribution in [0.2, 0.25) is 0 Å². The highest BCUT2D eigenvalue weighted by Crippen LogP contribution is 2.25. The summed E-state index contributed by atoms with van der Waals surface area (Å²) in [4.78, 5) is 15.9. The van der Waals surface area contributed by atoms with Crippen LogP contribution < -0.4 is 4.90 Å². The zero-order valence-electron chi connectivity index (χ0n) is 10.6. The first kappa shape index (κ1) is 13.5. The SMILES string of the molecule is Cc1ccc(N2CCN(C)C(CO)C2=O)cc1Br. The fourth-order valence-electron chi connectivity index (χ4n) is 2.12. The Morgan fingerprint density at radius 1 is 1.44 bits per heavy atom. The van der Waals surface area contributed by atoms with Crippen LogP contribution in [-0.4, -0.2) is 48.7 Å². The van der Waals surface area contributed by atoms with Crippen molar-refractivity contribution in [3.63, 3.8) is 0 Å². The number of piperazine rings is 1. The smallest absolute Gasteiger partial charge is 0.246 e. The lowest BCUT2D eigenvalue weighted by Gasteiger charge is -2.37. The van der Waals surface area contributed by atoms with Crippen molar-refractivity contribution in [3.05, 3.63) is 28.2 Å². The first-order valence-corrected chi connectivity index (χ1v) is 6.72. The second-order valence-electron chi connectivity index (χ2n) is 4.60. The van der Waals surface area contributed by atoms with E-state index in [1.165, 1.54) is 0 Å². The summed E-state index contributed by atoms with van der Waals surface area (Å²) in [5, 5.41) is 9.30. The molecule has 98 valence electrons. The Hall–Kier alpha value is -0.910. The summed E-state index contributed by atoms with van der Waals surface area (Å²) in [6, 6.07) is 5.45. The molecular formula is C13H17BrN2O2. The van der Waals surface area contributed by atoms with E-state index in [1.807, 2.05) is 37.1 Å². The molecule has 18 heavy (non-hydrogen) atoms. The minimum atomic E-state index is -0.432. The van der Waals surface area contributed by atoms with Gasteiger partial charge in [0.2, 0.25) is 5.91 Å². The third-order valence-corrected chi connectivity index (χ3v) is 4.25. The highest BCUT2D eigenvalue weighted by Gasteiger charge is 2.32. The Morgan fingerprint density at radius 2 is 2.17 bits per heavy atom. The lowest BCUT2D eigenvalue weighted by Crippen LogP contribution is -2.57. The molecule has 0 spiro atoms. The van der Waals surface area contributed by atoms with E-state index in [2.05, 4.69) is 15.9 Å². The van der Waals surface area contributed by atoms with E-state index in [4.69, 9.17) is 0 Å². The molecule has 5 heteroatoms. The molecule has 0 aliphatic carbocycles. The molecule has 1 aliphatic rings. The molecule has 0 radical (unpaired) electrons. The van der Waals surface area contributed by atoms with Gasteiger partial charge in [-0.2, -0.15) is 0 Å². The maximum absolute atomic E-state index is 12.3. The molecule has 1 unspecified atom stereocenters. The van der Waals surface area contributed by atoms with Gasteiger partial charge in [0.05, 0.1) is 6.61 Å². The van der Waals surface area contributed by atoms with E-state index >= 15 is 0 Å². The predicted molar refractivity (Wildman–Crippen MR) is 74.7 cm³/mol. The summed E-state index contributed by atoms with van der Waals surface area (Å²) in [6.45, 7) is 3.29. The molecule has 0 bridgehead atoms. The predicted octanol–water partition coefficient (Wildman–Crippen LogP) is 1.40. The normalized spacial score (nSPS) is 21.4. The second kappa shape index (κ2) is 5.38. The molecular weight excluding hydrogens is 296 g/mol. The standard InChI is InChI=1S/C13H17BrN2O2/c1-9-3-4-10(7-11(9)14)16-6-5-15(2)12(8-17)13(16)18/h3-4,7,12,17H,5-6,8H2,1-2H3. The molecule has 2 rings (SSSR count). The number of aryl methyl sites for hydroxylation is 1. The summed E-state index contributed by atoms with van der Waals surface area (Å²) in [7, 11) is 1.86. The Kier molecular flexibility index (Phi) is 4.04. The highest BCUT2D eigenvalue weighted by molar-refractivity contribution is 9.10. The van der Waals surface area contributed by atoms with E-state index < -0.39 is 6.04 Å².